The molecule has 220 valence electrons. The highest BCUT2D eigenvalue weighted by molar-refractivity contribution is 5.94. The third kappa shape index (κ3) is 6.19. The van der Waals surface area contributed by atoms with Crippen molar-refractivity contribution in [2.24, 2.45) is 0 Å². The van der Waals surface area contributed by atoms with E-state index < -0.39 is 12.1 Å². The van der Waals surface area contributed by atoms with Gasteiger partial charge in [-0.1, -0.05) is 73.7 Å². The van der Waals surface area contributed by atoms with Crippen LogP contribution in [-0.2, 0) is 24.2 Å². The van der Waals surface area contributed by atoms with Gasteiger partial charge in [-0.15, -0.1) is 0 Å². The van der Waals surface area contributed by atoms with E-state index in [9.17, 15) is 14.7 Å². The third-order valence-corrected chi connectivity index (χ3v) is 8.39. The highest BCUT2D eigenvalue weighted by atomic mass is 16.5. The Morgan fingerprint density at radius 2 is 1.60 bits per heavy atom. The Morgan fingerprint density at radius 3 is 2.30 bits per heavy atom. The lowest BCUT2D eigenvalue weighted by Crippen LogP contribution is -2.50. The molecular formula is C36H37N3O4. The average molecular weight is 576 g/mol. The van der Waals surface area contributed by atoms with Crippen molar-refractivity contribution in [1.82, 2.24) is 15.2 Å². The number of nitrogens with one attached hydrogen (secondary N) is 2. The fraction of sp³-hybridized carbons (Fsp3) is 0.278. The minimum atomic E-state index is -0.840. The van der Waals surface area contributed by atoms with Gasteiger partial charge in [-0.25, -0.2) is 0 Å². The summed E-state index contributed by atoms with van der Waals surface area (Å²) in [5, 5.41) is 19.3. The molecule has 2 heterocycles. The van der Waals surface area contributed by atoms with Crippen LogP contribution in [0.25, 0.3) is 21.8 Å². The zero-order chi connectivity index (χ0) is 29.8. The number of fused-ring (bicyclic) bond motifs is 3. The number of aromatic nitrogens is 1. The van der Waals surface area contributed by atoms with Crippen molar-refractivity contribution in [2.75, 3.05) is 13.2 Å². The fourth-order valence-electron chi connectivity index (χ4n) is 6.08. The molecule has 0 fully saturated rings. The number of aliphatic hydroxyl groups excluding tert-OH is 1. The maximum atomic E-state index is 13.7. The van der Waals surface area contributed by atoms with Gasteiger partial charge in [0.2, 0.25) is 5.91 Å². The first-order valence-electron chi connectivity index (χ1n) is 15.0. The van der Waals surface area contributed by atoms with Crippen molar-refractivity contribution in [3.8, 4) is 5.75 Å². The molecule has 3 atom stereocenters. The van der Waals surface area contributed by atoms with Crippen LogP contribution in [0, 0.1) is 0 Å². The van der Waals surface area contributed by atoms with Gasteiger partial charge in [-0.3, -0.25) is 9.59 Å². The van der Waals surface area contributed by atoms with Gasteiger partial charge in [-0.2, -0.15) is 0 Å². The number of hydrogen-bond acceptors (Lipinski definition) is 5. The van der Waals surface area contributed by atoms with Crippen molar-refractivity contribution < 1.29 is 14.6 Å². The summed E-state index contributed by atoms with van der Waals surface area (Å²) in [5.41, 5.74) is 4.73. The van der Waals surface area contributed by atoms with Crippen LogP contribution >= 0.6 is 0 Å². The van der Waals surface area contributed by atoms with Crippen LogP contribution in [0.4, 0.5) is 0 Å². The molecule has 43 heavy (non-hydrogen) atoms. The minimum absolute atomic E-state index is 0.0138. The summed E-state index contributed by atoms with van der Waals surface area (Å²) < 4.78 is 7.77. The largest absolute Gasteiger partial charge is 0.493 e. The first kappa shape index (κ1) is 28.6. The Kier molecular flexibility index (Phi) is 8.54. The standard InChI is InChI=1S/C36H37N3O4/c1-2-24-16-17-34-28(20-24)29(18-19-43-34)37-22-33(40)30(21-25-10-4-3-5-11-25)38-35(41)23-39-31-14-8-6-12-26(31)36(42)27-13-7-9-15-32(27)39/h3-17,20,29-30,33,37,40H,2,18-19,21-23H2,1H3,(H,38,41)/t29-,30-,33+/m0/s1. The van der Waals surface area contributed by atoms with Gasteiger partial charge in [0.25, 0.3) is 0 Å². The molecule has 7 nitrogen and oxygen atoms in total. The first-order valence-corrected chi connectivity index (χ1v) is 15.0. The first-order chi connectivity index (χ1) is 21.0. The fourth-order valence-corrected chi connectivity index (χ4v) is 6.08. The van der Waals surface area contributed by atoms with Crippen LogP contribution in [-0.4, -0.2) is 40.9 Å². The van der Waals surface area contributed by atoms with Gasteiger partial charge in [0.05, 0.1) is 29.8 Å². The molecule has 0 bridgehead atoms. The number of carbonyl (C=O) groups excluding carboxylic acids is 1. The number of aliphatic hydroxyl groups is 1. The summed E-state index contributed by atoms with van der Waals surface area (Å²) in [5.74, 6) is 0.646. The molecule has 1 aromatic heterocycles. The molecule has 5 aromatic rings. The normalized spacial score (nSPS) is 15.9. The minimum Gasteiger partial charge on any atom is -0.493 e. The molecule has 0 radical (unpaired) electrons. The zero-order valence-corrected chi connectivity index (χ0v) is 24.3. The summed E-state index contributed by atoms with van der Waals surface area (Å²) >= 11 is 0. The lowest BCUT2D eigenvalue weighted by molar-refractivity contribution is -0.123. The lowest BCUT2D eigenvalue weighted by atomic mass is 9.96. The number of rotatable bonds is 10. The van der Waals surface area contributed by atoms with Gasteiger partial charge in [0.15, 0.2) is 5.43 Å². The van der Waals surface area contributed by atoms with E-state index in [2.05, 4.69) is 29.7 Å². The van der Waals surface area contributed by atoms with Crippen molar-refractivity contribution in [3.63, 3.8) is 0 Å². The van der Waals surface area contributed by atoms with E-state index in [-0.39, 0.29) is 23.9 Å². The molecule has 3 N–H and O–H groups in total. The number of pyridine rings is 1. The van der Waals surface area contributed by atoms with Crippen LogP contribution in [0.15, 0.2) is 102 Å². The molecule has 0 spiro atoms. The van der Waals surface area contributed by atoms with E-state index in [1.54, 1.807) is 12.1 Å². The Labute approximate surface area is 251 Å². The molecule has 0 aliphatic carbocycles. The molecule has 7 heteroatoms. The van der Waals surface area contributed by atoms with Crippen molar-refractivity contribution in [3.05, 3.63) is 124 Å². The zero-order valence-electron chi connectivity index (χ0n) is 24.3. The quantitative estimate of drug-likeness (QED) is 0.206. The van der Waals surface area contributed by atoms with Crippen LogP contribution < -0.4 is 20.8 Å². The summed E-state index contributed by atoms with van der Waals surface area (Å²) in [6.45, 7) is 3.06. The number of aryl methyl sites for hydroxylation is 1. The van der Waals surface area contributed by atoms with Crippen molar-refractivity contribution in [2.45, 2.75) is 50.9 Å². The number of ether oxygens (including phenoxy) is 1. The third-order valence-electron chi connectivity index (χ3n) is 8.39. The number of hydrogen-bond donors (Lipinski definition) is 3. The molecule has 0 saturated carbocycles. The second-order valence-electron chi connectivity index (χ2n) is 11.2. The monoisotopic (exact) mass is 575 g/mol. The number of carbonyl (C=O) groups is 1. The number of nitrogens with zero attached hydrogens (tertiary/aromatic N) is 1. The Hall–Kier alpha value is -4.46. The highest BCUT2D eigenvalue weighted by Crippen LogP contribution is 2.33. The van der Waals surface area contributed by atoms with E-state index in [0.717, 1.165) is 29.7 Å². The van der Waals surface area contributed by atoms with Gasteiger partial charge < -0.3 is 25.0 Å². The van der Waals surface area contributed by atoms with Crippen molar-refractivity contribution in [1.29, 1.82) is 0 Å². The molecule has 6 rings (SSSR count). The summed E-state index contributed by atoms with van der Waals surface area (Å²) in [6.07, 6.45) is 1.38. The molecule has 1 aliphatic rings. The van der Waals surface area contributed by atoms with E-state index in [0.29, 0.717) is 41.4 Å². The topological polar surface area (TPSA) is 92.6 Å². The summed E-state index contributed by atoms with van der Waals surface area (Å²) in [4.78, 5) is 26.8. The second-order valence-corrected chi connectivity index (χ2v) is 11.2. The predicted octanol–water partition coefficient (Wildman–Crippen LogP) is 4.92. The van der Waals surface area contributed by atoms with Crippen LogP contribution in [0.5, 0.6) is 5.75 Å². The van der Waals surface area contributed by atoms with Gasteiger partial charge >= 0.3 is 0 Å². The van der Waals surface area contributed by atoms with E-state index in [1.165, 1.54) is 5.56 Å². The highest BCUT2D eigenvalue weighted by Gasteiger charge is 2.26. The summed E-state index contributed by atoms with van der Waals surface area (Å²) in [6, 6.07) is 30.4. The average Bonchev–Trinajstić information content (AvgIpc) is 3.05. The predicted molar refractivity (Wildman–Crippen MR) is 170 cm³/mol. The number of amides is 1. The summed E-state index contributed by atoms with van der Waals surface area (Å²) in [7, 11) is 0. The Bertz CT molecular complexity index is 1740. The molecule has 4 aromatic carbocycles. The molecule has 1 aliphatic heterocycles. The Morgan fingerprint density at radius 1 is 0.930 bits per heavy atom. The van der Waals surface area contributed by atoms with Crippen molar-refractivity contribution >= 4 is 27.7 Å². The van der Waals surface area contributed by atoms with Crippen LogP contribution in [0.3, 0.4) is 0 Å². The smallest absolute Gasteiger partial charge is 0.240 e. The number of para-hydroxylation sites is 2. The molecule has 0 unspecified atom stereocenters. The maximum absolute atomic E-state index is 13.7. The SMILES string of the molecule is CCc1ccc2c(c1)[C@@H](NC[C@@H](O)[C@H](Cc1ccccc1)NC(=O)Cn1c3ccccc3c(=O)c3ccccc31)CCO2. The van der Waals surface area contributed by atoms with Gasteiger partial charge in [0, 0.05) is 35.3 Å². The molecule has 0 saturated heterocycles. The maximum Gasteiger partial charge on any atom is 0.240 e. The lowest BCUT2D eigenvalue weighted by Gasteiger charge is -2.30. The van der Waals surface area contributed by atoms with Crippen LogP contribution in [0.2, 0.25) is 0 Å². The van der Waals surface area contributed by atoms with Gasteiger partial charge in [0.1, 0.15) is 12.3 Å². The molecular weight excluding hydrogens is 538 g/mol. The van der Waals surface area contributed by atoms with E-state index in [4.69, 9.17) is 4.74 Å². The van der Waals surface area contributed by atoms with E-state index in [1.807, 2.05) is 77.4 Å². The second kappa shape index (κ2) is 12.8. The Balaban J connectivity index is 1.23. The van der Waals surface area contributed by atoms with E-state index >= 15 is 0 Å². The van der Waals surface area contributed by atoms with Gasteiger partial charge in [-0.05, 0) is 54.3 Å². The number of benzene rings is 4. The molecule has 1 amide bonds. The van der Waals surface area contributed by atoms with Crippen LogP contribution in [0.1, 0.15) is 36.1 Å².